The number of aliphatic hydroxyl groups is 1. The van der Waals surface area contributed by atoms with E-state index in [0.717, 1.165) is 11.5 Å². The van der Waals surface area contributed by atoms with Gasteiger partial charge in [-0.1, -0.05) is 37.3 Å². The predicted molar refractivity (Wildman–Crippen MR) is 83.4 cm³/mol. The van der Waals surface area contributed by atoms with Crippen LogP contribution in [0.4, 0.5) is 0 Å². The van der Waals surface area contributed by atoms with Crippen LogP contribution in [0.15, 0.2) is 30.3 Å². The molecular formula is C17H28N2O. The van der Waals surface area contributed by atoms with E-state index in [1.54, 1.807) is 0 Å². The predicted octanol–water partition coefficient (Wildman–Crippen LogP) is 2.34. The third-order valence-electron chi connectivity index (χ3n) is 4.77. The molecule has 1 fully saturated rings. The fourth-order valence-corrected chi connectivity index (χ4v) is 3.26. The number of nitrogens with two attached hydrogens (primary N) is 1. The zero-order valence-corrected chi connectivity index (χ0v) is 12.8. The van der Waals surface area contributed by atoms with E-state index in [4.69, 9.17) is 5.73 Å². The van der Waals surface area contributed by atoms with Crippen LogP contribution in [-0.2, 0) is 5.54 Å². The quantitative estimate of drug-likeness (QED) is 0.868. The SMILES string of the molecule is CC1CCC(N(C)CC(N)(CO)c2ccccc2)CC1. The van der Waals surface area contributed by atoms with E-state index in [1.165, 1.54) is 25.7 Å². The Kier molecular flexibility index (Phi) is 5.19. The van der Waals surface area contributed by atoms with Gasteiger partial charge in [0.05, 0.1) is 12.1 Å². The normalized spacial score (nSPS) is 26.4. The summed E-state index contributed by atoms with van der Waals surface area (Å²) in [5.74, 6) is 0.856. The van der Waals surface area contributed by atoms with Crippen molar-refractivity contribution in [2.45, 2.75) is 44.2 Å². The van der Waals surface area contributed by atoms with Gasteiger partial charge < -0.3 is 15.7 Å². The summed E-state index contributed by atoms with van der Waals surface area (Å²) in [7, 11) is 2.14. The first kappa shape index (κ1) is 15.5. The number of nitrogens with zero attached hydrogens (tertiary/aromatic N) is 1. The molecule has 0 aliphatic heterocycles. The van der Waals surface area contributed by atoms with Crippen LogP contribution in [-0.4, -0.2) is 36.2 Å². The maximum atomic E-state index is 9.78. The molecule has 112 valence electrons. The van der Waals surface area contributed by atoms with Gasteiger partial charge in [0.1, 0.15) is 0 Å². The minimum Gasteiger partial charge on any atom is -0.394 e. The number of rotatable bonds is 5. The fraction of sp³-hybridized carbons (Fsp3) is 0.647. The maximum Gasteiger partial charge on any atom is 0.0772 e. The summed E-state index contributed by atoms with van der Waals surface area (Å²) in [6.45, 7) is 3.01. The van der Waals surface area contributed by atoms with Crippen LogP contribution < -0.4 is 5.73 Å². The molecule has 0 spiro atoms. The first-order valence-corrected chi connectivity index (χ1v) is 7.70. The topological polar surface area (TPSA) is 49.5 Å². The summed E-state index contributed by atoms with van der Waals surface area (Å²) < 4.78 is 0. The van der Waals surface area contributed by atoms with Gasteiger partial charge in [-0.2, -0.15) is 0 Å². The van der Waals surface area contributed by atoms with Crippen molar-refractivity contribution in [3.8, 4) is 0 Å². The van der Waals surface area contributed by atoms with E-state index in [1.807, 2.05) is 30.3 Å². The van der Waals surface area contributed by atoms with Crippen LogP contribution >= 0.6 is 0 Å². The highest BCUT2D eigenvalue weighted by Crippen LogP contribution is 2.28. The summed E-state index contributed by atoms with van der Waals surface area (Å²) >= 11 is 0. The molecule has 1 aromatic carbocycles. The Morgan fingerprint density at radius 1 is 1.20 bits per heavy atom. The number of hydrogen-bond donors (Lipinski definition) is 2. The average molecular weight is 276 g/mol. The van der Waals surface area contributed by atoms with Crippen LogP contribution in [0, 0.1) is 5.92 Å². The first-order valence-electron chi connectivity index (χ1n) is 7.70. The summed E-state index contributed by atoms with van der Waals surface area (Å²) in [6.07, 6.45) is 5.09. The molecule has 3 N–H and O–H groups in total. The molecule has 1 aliphatic carbocycles. The van der Waals surface area contributed by atoms with Crippen LogP contribution in [0.3, 0.4) is 0 Å². The maximum absolute atomic E-state index is 9.78. The highest BCUT2D eigenvalue weighted by Gasteiger charge is 2.31. The van der Waals surface area contributed by atoms with Crippen molar-refractivity contribution in [1.29, 1.82) is 0 Å². The molecule has 0 heterocycles. The third kappa shape index (κ3) is 3.60. The lowest BCUT2D eigenvalue weighted by atomic mass is 9.85. The van der Waals surface area contributed by atoms with Gasteiger partial charge in [0.2, 0.25) is 0 Å². The molecule has 1 aliphatic rings. The number of likely N-dealkylation sites (N-methyl/N-ethyl adjacent to an activating group) is 1. The van der Waals surface area contributed by atoms with Crippen LogP contribution in [0.1, 0.15) is 38.2 Å². The molecule has 3 nitrogen and oxygen atoms in total. The number of aliphatic hydroxyl groups excluding tert-OH is 1. The van der Waals surface area contributed by atoms with Crippen molar-refractivity contribution in [3.63, 3.8) is 0 Å². The Bertz CT molecular complexity index is 401. The molecule has 0 aromatic heterocycles. The zero-order valence-electron chi connectivity index (χ0n) is 12.8. The van der Waals surface area contributed by atoms with Crippen LogP contribution in [0.25, 0.3) is 0 Å². The molecule has 0 bridgehead atoms. The summed E-state index contributed by atoms with van der Waals surface area (Å²) in [6, 6.07) is 10.6. The lowest BCUT2D eigenvalue weighted by Crippen LogP contribution is -2.52. The van der Waals surface area contributed by atoms with E-state index < -0.39 is 5.54 Å². The molecule has 2 rings (SSSR count). The highest BCUT2D eigenvalue weighted by molar-refractivity contribution is 5.24. The standard InChI is InChI=1S/C17H28N2O/c1-14-8-10-16(11-9-14)19(2)12-17(18,13-20)15-6-4-3-5-7-15/h3-7,14,16,20H,8-13,18H2,1-2H3. The van der Waals surface area contributed by atoms with Gasteiger partial charge >= 0.3 is 0 Å². The second-order valence-electron chi connectivity index (χ2n) is 6.51. The minimum atomic E-state index is -0.668. The average Bonchev–Trinajstić information content (AvgIpc) is 2.48. The van der Waals surface area contributed by atoms with E-state index in [0.29, 0.717) is 12.6 Å². The van der Waals surface area contributed by atoms with Gasteiger partial charge in [-0.3, -0.25) is 0 Å². The van der Waals surface area contributed by atoms with Crippen molar-refractivity contribution in [2.75, 3.05) is 20.2 Å². The number of benzene rings is 1. The van der Waals surface area contributed by atoms with Crippen LogP contribution in [0.2, 0.25) is 0 Å². The largest absolute Gasteiger partial charge is 0.394 e. The lowest BCUT2D eigenvalue weighted by Gasteiger charge is -2.39. The molecule has 1 unspecified atom stereocenters. The molecule has 1 saturated carbocycles. The smallest absolute Gasteiger partial charge is 0.0772 e. The Morgan fingerprint density at radius 2 is 1.80 bits per heavy atom. The van der Waals surface area contributed by atoms with E-state index >= 15 is 0 Å². The molecule has 1 aromatic rings. The van der Waals surface area contributed by atoms with Gasteiger partial charge in [0.15, 0.2) is 0 Å². The van der Waals surface area contributed by atoms with Crippen molar-refractivity contribution < 1.29 is 5.11 Å². The van der Waals surface area contributed by atoms with Crippen molar-refractivity contribution in [3.05, 3.63) is 35.9 Å². The van der Waals surface area contributed by atoms with Gasteiger partial charge in [-0.15, -0.1) is 0 Å². The summed E-state index contributed by atoms with van der Waals surface area (Å²) in [5, 5.41) is 9.78. The van der Waals surface area contributed by atoms with E-state index in [-0.39, 0.29) is 6.61 Å². The molecule has 3 heteroatoms. The van der Waals surface area contributed by atoms with Gasteiger partial charge in [-0.25, -0.2) is 0 Å². The molecule has 0 saturated heterocycles. The Morgan fingerprint density at radius 3 is 2.35 bits per heavy atom. The van der Waals surface area contributed by atoms with Crippen LogP contribution in [0.5, 0.6) is 0 Å². The van der Waals surface area contributed by atoms with Crippen molar-refractivity contribution in [2.24, 2.45) is 11.7 Å². The fourth-order valence-electron chi connectivity index (χ4n) is 3.26. The van der Waals surface area contributed by atoms with Gasteiger partial charge in [0.25, 0.3) is 0 Å². The monoisotopic (exact) mass is 276 g/mol. The lowest BCUT2D eigenvalue weighted by molar-refractivity contribution is 0.103. The summed E-state index contributed by atoms with van der Waals surface area (Å²) in [4.78, 5) is 2.34. The van der Waals surface area contributed by atoms with Gasteiger partial charge in [0, 0.05) is 12.6 Å². The molecule has 0 radical (unpaired) electrons. The van der Waals surface area contributed by atoms with E-state index in [2.05, 4.69) is 18.9 Å². The van der Waals surface area contributed by atoms with Gasteiger partial charge in [-0.05, 0) is 44.2 Å². The molecule has 20 heavy (non-hydrogen) atoms. The van der Waals surface area contributed by atoms with Crippen molar-refractivity contribution >= 4 is 0 Å². The minimum absolute atomic E-state index is 0.0233. The van der Waals surface area contributed by atoms with Crippen molar-refractivity contribution in [1.82, 2.24) is 4.90 Å². The molecule has 1 atom stereocenters. The number of hydrogen-bond acceptors (Lipinski definition) is 3. The zero-order chi connectivity index (χ0) is 14.6. The second-order valence-corrected chi connectivity index (χ2v) is 6.51. The van der Waals surface area contributed by atoms with E-state index in [9.17, 15) is 5.11 Å². The Hall–Kier alpha value is -0.900. The molecule has 0 amide bonds. The second kappa shape index (κ2) is 6.70. The molecular weight excluding hydrogens is 248 g/mol. The highest BCUT2D eigenvalue weighted by atomic mass is 16.3. The Balaban J connectivity index is 2.02. The summed E-state index contributed by atoms with van der Waals surface area (Å²) in [5.41, 5.74) is 6.81. The Labute approximate surface area is 122 Å². The third-order valence-corrected chi connectivity index (χ3v) is 4.77. The first-order chi connectivity index (χ1) is 9.55.